The van der Waals surface area contributed by atoms with Crippen LogP contribution in [0.5, 0.6) is 5.75 Å². The zero-order valence-corrected chi connectivity index (χ0v) is 17.7. The second-order valence-corrected chi connectivity index (χ2v) is 7.73. The molecule has 11 heteroatoms. The number of piperidine rings is 1. The number of nitrogens with one attached hydrogen (secondary N) is 1. The number of alkyl halides is 3. The maximum atomic E-state index is 12.9. The SMILES string of the molecule is C[C@@H](Nc1ccnn(C)c1=O)C(=O)N1CCC(Oc2cc(C(F)(F)F)ccc2Cl)CC1. The van der Waals surface area contributed by atoms with Gasteiger partial charge < -0.3 is 15.0 Å². The van der Waals surface area contributed by atoms with Gasteiger partial charge in [-0.3, -0.25) is 9.59 Å². The first kappa shape index (κ1) is 22.9. The van der Waals surface area contributed by atoms with Gasteiger partial charge in [0.05, 0.1) is 10.6 Å². The first-order valence-corrected chi connectivity index (χ1v) is 10.0. The lowest BCUT2D eigenvalue weighted by atomic mass is 10.1. The first-order valence-electron chi connectivity index (χ1n) is 9.67. The maximum Gasteiger partial charge on any atom is 0.416 e. The highest BCUT2D eigenvalue weighted by molar-refractivity contribution is 6.32. The molecule has 0 radical (unpaired) electrons. The van der Waals surface area contributed by atoms with Crippen LogP contribution in [0.25, 0.3) is 0 Å². The minimum absolute atomic E-state index is 0.0233. The summed E-state index contributed by atoms with van der Waals surface area (Å²) >= 11 is 5.99. The summed E-state index contributed by atoms with van der Waals surface area (Å²) < 4.78 is 45.6. The third-order valence-electron chi connectivity index (χ3n) is 5.05. The van der Waals surface area contributed by atoms with Gasteiger partial charge in [-0.15, -0.1) is 0 Å². The largest absolute Gasteiger partial charge is 0.489 e. The van der Waals surface area contributed by atoms with Gasteiger partial charge >= 0.3 is 6.18 Å². The number of carbonyl (C=O) groups excluding carboxylic acids is 1. The third kappa shape index (κ3) is 5.49. The summed E-state index contributed by atoms with van der Waals surface area (Å²) in [5.41, 5.74) is -0.898. The van der Waals surface area contributed by atoms with E-state index in [2.05, 4.69) is 10.4 Å². The summed E-state index contributed by atoms with van der Waals surface area (Å²) in [6, 6.07) is 3.83. The molecule has 7 nitrogen and oxygen atoms in total. The lowest BCUT2D eigenvalue weighted by Crippen LogP contribution is -2.47. The Kier molecular flexibility index (Phi) is 6.78. The number of likely N-dealkylation sites (tertiary alicyclic amines) is 1. The molecule has 0 spiro atoms. The topological polar surface area (TPSA) is 76.5 Å². The molecular formula is C20H22ClF3N4O3. The number of ether oxygens (including phenoxy) is 1. The Morgan fingerprint density at radius 2 is 1.97 bits per heavy atom. The number of benzene rings is 1. The molecule has 0 bridgehead atoms. The summed E-state index contributed by atoms with van der Waals surface area (Å²) in [5.74, 6) is -0.209. The maximum absolute atomic E-state index is 12.9. The molecule has 3 rings (SSSR count). The predicted octanol–water partition coefficient (Wildman–Crippen LogP) is 3.32. The number of carbonyl (C=O) groups is 1. The van der Waals surface area contributed by atoms with E-state index < -0.39 is 17.8 Å². The summed E-state index contributed by atoms with van der Waals surface area (Å²) in [6.45, 7) is 2.41. The molecule has 0 unspecified atom stereocenters. The number of hydrogen-bond donors (Lipinski definition) is 1. The van der Waals surface area contributed by atoms with Crippen molar-refractivity contribution in [1.29, 1.82) is 0 Å². The number of halogens is 4. The molecule has 2 aromatic rings. The van der Waals surface area contributed by atoms with Crippen molar-refractivity contribution in [3.63, 3.8) is 0 Å². The van der Waals surface area contributed by atoms with Gasteiger partial charge in [-0.2, -0.15) is 18.3 Å². The van der Waals surface area contributed by atoms with E-state index in [1.54, 1.807) is 11.8 Å². The number of aryl methyl sites for hydroxylation is 1. The Labute approximate surface area is 181 Å². The van der Waals surface area contributed by atoms with Crippen molar-refractivity contribution in [2.75, 3.05) is 18.4 Å². The lowest BCUT2D eigenvalue weighted by Gasteiger charge is -2.34. The molecule has 0 saturated carbocycles. The molecule has 1 aromatic carbocycles. The number of rotatable bonds is 5. The van der Waals surface area contributed by atoms with Crippen molar-refractivity contribution >= 4 is 23.2 Å². The van der Waals surface area contributed by atoms with E-state index in [1.165, 1.54) is 24.0 Å². The Morgan fingerprint density at radius 3 is 2.61 bits per heavy atom. The third-order valence-corrected chi connectivity index (χ3v) is 5.37. The van der Waals surface area contributed by atoms with Gasteiger partial charge in [-0.05, 0) is 31.2 Å². The van der Waals surface area contributed by atoms with Crippen molar-refractivity contribution in [3.8, 4) is 5.75 Å². The van der Waals surface area contributed by atoms with Crippen molar-refractivity contribution in [2.45, 2.75) is 38.1 Å². The van der Waals surface area contributed by atoms with E-state index in [9.17, 15) is 22.8 Å². The van der Waals surface area contributed by atoms with Crippen LogP contribution in [0.15, 0.2) is 35.3 Å². The van der Waals surface area contributed by atoms with Crippen LogP contribution >= 0.6 is 11.6 Å². The molecule has 1 N–H and O–H groups in total. The van der Waals surface area contributed by atoms with E-state index in [0.29, 0.717) is 25.9 Å². The first-order chi connectivity index (χ1) is 14.6. The highest BCUT2D eigenvalue weighted by Crippen LogP contribution is 2.36. The molecule has 31 heavy (non-hydrogen) atoms. The van der Waals surface area contributed by atoms with Crippen LogP contribution in [0.1, 0.15) is 25.3 Å². The molecule has 0 aliphatic carbocycles. The highest BCUT2D eigenvalue weighted by Gasteiger charge is 2.32. The van der Waals surface area contributed by atoms with Crippen LogP contribution in [0, 0.1) is 0 Å². The van der Waals surface area contributed by atoms with E-state index >= 15 is 0 Å². The monoisotopic (exact) mass is 458 g/mol. The van der Waals surface area contributed by atoms with Crippen LogP contribution in [-0.4, -0.2) is 45.8 Å². The number of aromatic nitrogens is 2. The van der Waals surface area contributed by atoms with Gasteiger partial charge in [0.1, 0.15) is 23.6 Å². The second-order valence-electron chi connectivity index (χ2n) is 7.33. The Morgan fingerprint density at radius 1 is 1.29 bits per heavy atom. The Balaban J connectivity index is 1.57. The van der Waals surface area contributed by atoms with Crippen LogP contribution < -0.4 is 15.6 Å². The quantitative estimate of drug-likeness (QED) is 0.744. The number of anilines is 1. The highest BCUT2D eigenvalue weighted by atomic mass is 35.5. The molecule has 1 aliphatic heterocycles. The summed E-state index contributed by atoms with van der Waals surface area (Å²) in [4.78, 5) is 26.4. The van der Waals surface area contributed by atoms with Gasteiger partial charge in [-0.25, -0.2) is 4.68 Å². The van der Waals surface area contributed by atoms with Crippen molar-refractivity contribution in [2.24, 2.45) is 7.05 Å². The standard InChI is InChI=1S/C20H22ClF3N4O3/c1-12(26-16-5-8-25-27(2)19(16)30)18(29)28-9-6-14(7-10-28)31-17-11-13(20(22,23)24)3-4-15(17)21/h3-5,8,11-12,14,26H,6-7,9-10H2,1-2H3/t12-/m1/s1. The Hall–Kier alpha value is -2.75. The molecular weight excluding hydrogens is 437 g/mol. The molecule has 1 fully saturated rings. The Bertz CT molecular complexity index is 1000. The van der Waals surface area contributed by atoms with Crippen LogP contribution in [-0.2, 0) is 18.0 Å². The molecule has 1 atom stereocenters. The summed E-state index contributed by atoms with van der Waals surface area (Å²) in [7, 11) is 1.52. The fraction of sp³-hybridized carbons (Fsp3) is 0.450. The zero-order chi connectivity index (χ0) is 22.8. The minimum atomic E-state index is -4.49. The average molecular weight is 459 g/mol. The minimum Gasteiger partial charge on any atom is -0.489 e. The second kappa shape index (κ2) is 9.17. The van der Waals surface area contributed by atoms with Gasteiger partial charge in [0.2, 0.25) is 5.91 Å². The fourth-order valence-electron chi connectivity index (χ4n) is 3.33. The number of amides is 1. The van der Waals surface area contributed by atoms with Crippen molar-refractivity contribution in [1.82, 2.24) is 14.7 Å². The van der Waals surface area contributed by atoms with Gasteiger partial charge in [0.15, 0.2) is 0 Å². The average Bonchev–Trinajstić information content (AvgIpc) is 2.72. The van der Waals surface area contributed by atoms with Gasteiger partial charge in [-0.1, -0.05) is 11.6 Å². The molecule has 1 aromatic heterocycles. The van der Waals surface area contributed by atoms with Gasteiger partial charge in [0, 0.05) is 39.2 Å². The van der Waals surface area contributed by atoms with Crippen LogP contribution in [0.3, 0.4) is 0 Å². The van der Waals surface area contributed by atoms with E-state index in [-0.39, 0.29) is 34.0 Å². The normalized spacial score (nSPS) is 16.1. The van der Waals surface area contributed by atoms with Crippen LogP contribution in [0.4, 0.5) is 18.9 Å². The van der Waals surface area contributed by atoms with Gasteiger partial charge in [0.25, 0.3) is 5.56 Å². The van der Waals surface area contributed by atoms with E-state index in [0.717, 1.165) is 18.2 Å². The number of nitrogens with zero attached hydrogens (tertiary/aromatic N) is 3. The smallest absolute Gasteiger partial charge is 0.416 e. The number of hydrogen-bond acceptors (Lipinski definition) is 5. The summed E-state index contributed by atoms with van der Waals surface area (Å²) in [6.07, 6.45) is -2.50. The molecule has 1 saturated heterocycles. The van der Waals surface area contributed by atoms with E-state index in [4.69, 9.17) is 16.3 Å². The molecule has 1 amide bonds. The molecule has 168 valence electrons. The van der Waals surface area contributed by atoms with E-state index in [1.807, 2.05) is 0 Å². The zero-order valence-electron chi connectivity index (χ0n) is 16.9. The fourth-order valence-corrected chi connectivity index (χ4v) is 3.49. The molecule has 1 aliphatic rings. The molecule has 2 heterocycles. The lowest BCUT2D eigenvalue weighted by molar-refractivity contribution is -0.138. The summed E-state index contributed by atoms with van der Waals surface area (Å²) in [5, 5.41) is 6.84. The van der Waals surface area contributed by atoms with Crippen LogP contribution in [0.2, 0.25) is 5.02 Å². The predicted molar refractivity (Wildman–Crippen MR) is 109 cm³/mol. The van der Waals surface area contributed by atoms with Crippen molar-refractivity contribution < 1.29 is 22.7 Å². The van der Waals surface area contributed by atoms with Crippen molar-refractivity contribution in [3.05, 3.63) is 51.4 Å².